The number of benzene rings is 2. The molecule has 2 aromatic rings. The molecular weight excluding hydrogens is 342 g/mol. The van der Waals surface area contributed by atoms with Crippen LogP contribution in [0.4, 0.5) is 4.79 Å². The van der Waals surface area contributed by atoms with Crippen molar-refractivity contribution in [2.75, 3.05) is 19.7 Å². The van der Waals surface area contributed by atoms with Crippen molar-refractivity contribution in [3.63, 3.8) is 0 Å². The largest absolute Gasteiger partial charge is 0.481 e. The van der Waals surface area contributed by atoms with E-state index in [9.17, 15) is 14.7 Å². The van der Waals surface area contributed by atoms with Crippen LogP contribution in [0.15, 0.2) is 48.5 Å². The summed E-state index contributed by atoms with van der Waals surface area (Å²) in [6.45, 7) is 5.77. The maximum atomic E-state index is 12.6. The van der Waals surface area contributed by atoms with E-state index >= 15 is 0 Å². The van der Waals surface area contributed by atoms with Crippen LogP contribution in [-0.2, 0) is 9.53 Å². The van der Waals surface area contributed by atoms with Gasteiger partial charge in [0.25, 0.3) is 0 Å². The molecule has 0 spiro atoms. The molecule has 0 bridgehead atoms. The normalized spacial score (nSPS) is 13.0. The number of carbonyl (C=O) groups is 2. The Kier molecular flexibility index (Phi) is 5.22. The number of nitrogens with zero attached hydrogens (tertiary/aromatic N) is 1. The SMILES string of the molecule is CCN(CC(C)(C)C(=O)O)C(=O)OCC1c2ccccc2-c2ccccc21. The van der Waals surface area contributed by atoms with Crippen molar-refractivity contribution in [2.24, 2.45) is 5.41 Å². The van der Waals surface area contributed by atoms with Gasteiger partial charge in [-0.15, -0.1) is 0 Å². The maximum absolute atomic E-state index is 12.6. The van der Waals surface area contributed by atoms with Gasteiger partial charge in [0.1, 0.15) is 6.61 Å². The number of aliphatic carboxylic acids is 1. The number of carbonyl (C=O) groups excluding carboxylic acids is 1. The van der Waals surface area contributed by atoms with E-state index in [2.05, 4.69) is 24.3 Å². The highest BCUT2D eigenvalue weighted by Gasteiger charge is 2.33. The fourth-order valence-electron chi connectivity index (χ4n) is 3.54. The Morgan fingerprint density at radius 1 is 1.04 bits per heavy atom. The highest BCUT2D eigenvalue weighted by Crippen LogP contribution is 2.44. The zero-order valence-corrected chi connectivity index (χ0v) is 15.9. The van der Waals surface area contributed by atoms with Crippen molar-refractivity contribution < 1.29 is 19.4 Å². The highest BCUT2D eigenvalue weighted by molar-refractivity contribution is 5.79. The summed E-state index contributed by atoms with van der Waals surface area (Å²) in [5.74, 6) is -0.945. The van der Waals surface area contributed by atoms with Gasteiger partial charge in [0.15, 0.2) is 0 Å². The molecule has 27 heavy (non-hydrogen) atoms. The maximum Gasteiger partial charge on any atom is 0.409 e. The molecule has 3 rings (SSSR count). The van der Waals surface area contributed by atoms with Crippen LogP contribution < -0.4 is 0 Å². The van der Waals surface area contributed by atoms with Crippen molar-refractivity contribution in [1.82, 2.24) is 4.90 Å². The Morgan fingerprint density at radius 2 is 1.56 bits per heavy atom. The van der Waals surface area contributed by atoms with E-state index in [1.165, 1.54) is 16.0 Å². The minimum atomic E-state index is -1.03. The number of fused-ring (bicyclic) bond motifs is 3. The minimum absolute atomic E-state index is 0.00691. The second-order valence-electron chi connectivity index (χ2n) is 7.51. The van der Waals surface area contributed by atoms with E-state index in [-0.39, 0.29) is 19.1 Å². The Bertz CT molecular complexity index is 813. The zero-order valence-electron chi connectivity index (χ0n) is 15.9. The van der Waals surface area contributed by atoms with Gasteiger partial charge in [-0.3, -0.25) is 4.79 Å². The number of ether oxygens (including phenoxy) is 1. The molecule has 0 heterocycles. The van der Waals surface area contributed by atoms with Crippen LogP contribution in [0.5, 0.6) is 0 Å². The zero-order chi connectivity index (χ0) is 19.6. The molecule has 1 amide bonds. The first-order valence-electron chi connectivity index (χ1n) is 9.18. The Morgan fingerprint density at radius 3 is 2.04 bits per heavy atom. The number of hydrogen-bond acceptors (Lipinski definition) is 3. The van der Waals surface area contributed by atoms with Gasteiger partial charge < -0.3 is 14.7 Å². The van der Waals surface area contributed by atoms with Crippen LogP contribution in [0.1, 0.15) is 37.8 Å². The number of amides is 1. The molecule has 0 aromatic heterocycles. The van der Waals surface area contributed by atoms with Gasteiger partial charge in [-0.1, -0.05) is 48.5 Å². The molecule has 0 fully saturated rings. The lowest BCUT2D eigenvalue weighted by Crippen LogP contribution is -2.42. The Labute approximate surface area is 159 Å². The molecule has 0 atom stereocenters. The molecule has 2 aromatic carbocycles. The third-order valence-corrected chi connectivity index (χ3v) is 5.14. The molecule has 0 aliphatic heterocycles. The van der Waals surface area contributed by atoms with E-state index in [0.29, 0.717) is 6.54 Å². The monoisotopic (exact) mass is 367 g/mol. The summed E-state index contributed by atoms with van der Waals surface area (Å²) in [6, 6.07) is 16.3. The van der Waals surface area contributed by atoms with Gasteiger partial charge in [-0.25, -0.2) is 4.79 Å². The van der Waals surface area contributed by atoms with Crippen molar-refractivity contribution in [3.8, 4) is 11.1 Å². The van der Waals surface area contributed by atoms with Gasteiger partial charge >= 0.3 is 12.1 Å². The summed E-state index contributed by atoms with van der Waals surface area (Å²) in [4.78, 5) is 25.4. The average molecular weight is 367 g/mol. The number of carboxylic acids is 1. The van der Waals surface area contributed by atoms with Crippen LogP contribution in [0.25, 0.3) is 11.1 Å². The standard InChI is InChI=1S/C22H25NO4/c1-4-23(14-22(2,3)20(24)25)21(26)27-13-19-17-11-7-5-9-15(17)16-10-6-8-12-18(16)19/h5-12,19H,4,13-14H2,1-3H3,(H,24,25). The van der Waals surface area contributed by atoms with Crippen LogP contribution in [-0.4, -0.2) is 41.8 Å². The molecule has 0 unspecified atom stereocenters. The van der Waals surface area contributed by atoms with Crippen molar-refractivity contribution in [1.29, 1.82) is 0 Å². The molecule has 1 N–H and O–H groups in total. The molecule has 142 valence electrons. The summed E-state index contributed by atoms with van der Waals surface area (Å²) in [6.07, 6.45) is -0.478. The van der Waals surface area contributed by atoms with Crippen LogP contribution in [0.3, 0.4) is 0 Å². The summed E-state index contributed by atoms with van der Waals surface area (Å²) in [5.41, 5.74) is 3.63. The number of carboxylic acid groups (broad SMARTS) is 1. The van der Waals surface area contributed by atoms with Crippen molar-refractivity contribution >= 4 is 12.1 Å². The molecule has 1 aliphatic rings. The van der Waals surface area contributed by atoms with E-state index in [4.69, 9.17) is 4.74 Å². The van der Waals surface area contributed by atoms with Gasteiger partial charge in [0.2, 0.25) is 0 Å². The lowest BCUT2D eigenvalue weighted by Gasteiger charge is -2.28. The minimum Gasteiger partial charge on any atom is -0.481 e. The lowest BCUT2D eigenvalue weighted by molar-refractivity contribution is -0.147. The topological polar surface area (TPSA) is 66.8 Å². The fraction of sp³-hybridized carbons (Fsp3) is 0.364. The predicted octanol–water partition coefficient (Wildman–Crippen LogP) is 4.37. The van der Waals surface area contributed by atoms with E-state index in [1.54, 1.807) is 13.8 Å². The molecular formula is C22H25NO4. The second kappa shape index (κ2) is 7.43. The third-order valence-electron chi connectivity index (χ3n) is 5.14. The quantitative estimate of drug-likeness (QED) is 0.823. The summed E-state index contributed by atoms with van der Waals surface area (Å²) >= 11 is 0. The average Bonchev–Trinajstić information content (AvgIpc) is 2.98. The Hall–Kier alpha value is -2.82. The molecule has 0 saturated heterocycles. The summed E-state index contributed by atoms with van der Waals surface area (Å²) < 4.78 is 5.61. The first-order valence-corrected chi connectivity index (χ1v) is 9.18. The van der Waals surface area contributed by atoms with E-state index < -0.39 is 17.5 Å². The summed E-state index contributed by atoms with van der Waals surface area (Å²) in [7, 11) is 0. The first kappa shape index (κ1) is 19.0. The highest BCUT2D eigenvalue weighted by atomic mass is 16.6. The van der Waals surface area contributed by atoms with Crippen LogP contribution >= 0.6 is 0 Å². The van der Waals surface area contributed by atoms with Crippen LogP contribution in [0.2, 0.25) is 0 Å². The van der Waals surface area contributed by atoms with Gasteiger partial charge in [0.05, 0.1) is 5.41 Å². The smallest absolute Gasteiger partial charge is 0.409 e. The first-order chi connectivity index (χ1) is 12.8. The van der Waals surface area contributed by atoms with Gasteiger partial charge in [-0.05, 0) is 43.0 Å². The molecule has 5 nitrogen and oxygen atoms in total. The van der Waals surface area contributed by atoms with E-state index in [0.717, 1.165) is 11.1 Å². The molecule has 0 radical (unpaired) electrons. The lowest BCUT2D eigenvalue weighted by atomic mass is 9.93. The Balaban J connectivity index is 1.74. The van der Waals surface area contributed by atoms with Crippen LogP contribution in [0, 0.1) is 5.41 Å². The fourth-order valence-corrected chi connectivity index (χ4v) is 3.54. The summed E-state index contributed by atoms with van der Waals surface area (Å²) in [5, 5.41) is 9.31. The van der Waals surface area contributed by atoms with Gasteiger partial charge in [-0.2, -0.15) is 0 Å². The van der Waals surface area contributed by atoms with Crippen molar-refractivity contribution in [3.05, 3.63) is 59.7 Å². The third kappa shape index (κ3) is 3.68. The van der Waals surface area contributed by atoms with E-state index in [1.807, 2.05) is 31.2 Å². The molecule has 1 aliphatic carbocycles. The predicted molar refractivity (Wildman–Crippen MR) is 104 cm³/mol. The van der Waals surface area contributed by atoms with Gasteiger partial charge in [0, 0.05) is 19.0 Å². The molecule has 5 heteroatoms. The molecule has 0 saturated carbocycles. The number of rotatable bonds is 6. The second-order valence-corrected chi connectivity index (χ2v) is 7.51. The van der Waals surface area contributed by atoms with Crippen molar-refractivity contribution in [2.45, 2.75) is 26.7 Å². The number of hydrogen-bond donors (Lipinski definition) is 1.